The molecule has 1 heterocycles. The lowest BCUT2D eigenvalue weighted by molar-refractivity contribution is -0.145. The molecule has 1 aliphatic rings. The molecule has 25 heavy (non-hydrogen) atoms. The van der Waals surface area contributed by atoms with Gasteiger partial charge in [-0.15, -0.1) is 0 Å². The average molecular weight is 358 g/mol. The Morgan fingerprint density at radius 2 is 2.12 bits per heavy atom. The third kappa shape index (κ3) is 4.94. The lowest BCUT2D eigenvalue weighted by atomic mass is 10.0. The number of rotatable bonds is 5. The van der Waals surface area contributed by atoms with Crippen LogP contribution in [0, 0.1) is 0 Å². The molecule has 2 rings (SSSR count). The standard InChI is InChI=1S/C16H17F3N2O4/c1-25-15(24)12(21-14(23)11-5-6-13(22)20-11)8-9-3-2-4-10(7-9)16(17,18)19/h2-4,7,11-12H,5-6,8H2,1H3,(H,20,22)(H,21,23)/t11-,12-/m1/s1. The van der Waals surface area contributed by atoms with Gasteiger partial charge < -0.3 is 15.4 Å². The molecule has 0 unspecified atom stereocenters. The molecule has 136 valence electrons. The molecule has 1 aromatic rings. The van der Waals surface area contributed by atoms with E-state index >= 15 is 0 Å². The van der Waals surface area contributed by atoms with Gasteiger partial charge in [0.25, 0.3) is 0 Å². The van der Waals surface area contributed by atoms with Crippen LogP contribution >= 0.6 is 0 Å². The van der Waals surface area contributed by atoms with Gasteiger partial charge in [-0.3, -0.25) is 9.59 Å². The van der Waals surface area contributed by atoms with Gasteiger partial charge in [0.05, 0.1) is 12.7 Å². The summed E-state index contributed by atoms with van der Waals surface area (Å²) in [6, 6.07) is 2.57. The number of carbonyl (C=O) groups is 3. The summed E-state index contributed by atoms with van der Waals surface area (Å²) in [6.45, 7) is 0. The molecule has 9 heteroatoms. The highest BCUT2D eigenvalue weighted by molar-refractivity contribution is 5.93. The third-order valence-corrected chi connectivity index (χ3v) is 3.81. The lowest BCUT2D eigenvalue weighted by Crippen LogP contribution is -2.50. The summed E-state index contributed by atoms with van der Waals surface area (Å²) in [7, 11) is 1.12. The Balaban J connectivity index is 2.11. The van der Waals surface area contributed by atoms with E-state index in [2.05, 4.69) is 15.4 Å². The van der Waals surface area contributed by atoms with Crippen molar-refractivity contribution in [1.82, 2.24) is 10.6 Å². The SMILES string of the molecule is COC(=O)[C@@H](Cc1cccc(C(F)(F)F)c1)NC(=O)[C@H]1CCC(=O)N1. The van der Waals surface area contributed by atoms with Gasteiger partial charge in [-0.1, -0.05) is 18.2 Å². The van der Waals surface area contributed by atoms with Crippen molar-refractivity contribution >= 4 is 17.8 Å². The van der Waals surface area contributed by atoms with Crippen LogP contribution in [0.1, 0.15) is 24.0 Å². The zero-order valence-electron chi connectivity index (χ0n) is 13.4. The molecule has 1 aromatic carbocycles. The van der Waals surface area contributed by atoms with Gasteiger partial charge in [-0.25, -0.2) is 4.79 Å². The molecule has 2 N–H and O–H groups in total. The van der Waals surface area contributed by atoms with E-state index in [0.29, 0.717) is 6.42 Å². The quantitative estimate of drug-likeness (QED) is 0.775. The van der Waals surface area contributed by atoms with Crippen LogP contribution < -0.4 is 10.6 Å². The first-order chi connectivity index (χ1) is 11.7. The third-order valence-electron chi connectivity index (χ3n) is 3.81. The predicted molar refractivity (Wildman–Crippen MR) is 80.3 cm³/mol. The monoisotopic (exact) mass is 358 g/mol. The molecule has 0 aliphatic carbocycles. The fourth-order valence-electron chi connectivity index (χ4n) is 2.53. The van der Waals surface area contributed by atoms with Crippen LogP contribution in [0.25, 0.3) is 0 Å². The summed E-state index contributed by atoms with van der Waals surface area (Å²) >= 11 is 0. The number of ether oxygens (including phenoxy) is 1. The van der Waals surface area contributed by atoms with Crippen molar-refractivity contribution in [2.45, 2.75) is 37.5 Å². The fraction of sp³-hybridized carbons (Fsp3) is 0.438. The Hall–Kier alpha value is -2.58. The summed E-state index contributed by atoms with van der Waals surface area (Å²) in [5.74, 6) is -1.63. The van der Waals surface area contributed by atoms with E-state index in [0.717, 1.165) is 19.2 Å². The number of halogens is 3. The number of hydrogen-bond donors (Lipinski definition) is 2. The molecule has 1 fully saturated rings. The maximum Gasteiger partial charge on any atom is 0.416 e. The highest BCUT2D eigenvalue weighted by Crippen LogP contribution is 2.29. The molecule has 0 spiro atoms. The van der Waals surface area contributed by atoms with Gasteiger partial charge in [-0.05, 0) is 18.1 Å². The number of methoxy groups -OCH3 is 1. The molecule has 1 aliphatic heterocycles. The van der Waals surface area contributed by atoms with Gasteiger partial charge in [-0.2, -0.15) is 13.2 Å². The van der Waals surface area contributed by atoms with E-state index in [9.17, 15) is 27.6 Å². The Morgan fingerprint density at radius 3 is 2.68 bits per heavy atom. The van der Waals surface area contributed by atoms with Crippen molar-refractivity contribution in [2.24, 2.45) is 0 Å². The van der Waals surface area contributed by atoms with Gasteiger partial charge in [0.1, 0.15) is 12.1 Å². The molecule has 1 saturated heterocycles. The summed E-state index contributed by atoms with van der Waals surface area (Å²) < 4.78 is 42.9. The van der Waals surface area contributed by atoms with Gasteiger partial charge in [0, 0.05) is 12.8 Å². The summed E-state index contributed by atoms with van der Waals surface area (Å²) in [5, 5.41) is 4.88. The van der Waals surface area contributed by atoms with Crippen molar-refractivity contribution in [1.29, 1.82) is 0 Å². The number of amides is 2. The smallest absolute Gasteiger partial charge is 0.416 e. The van der Waals surface area contributed by atoms with Gasteiger partial charge >= 0.3 is 12.1 Å². The van der Waals surface area contributed by atoms with Crippen LogP contribution in [-0.2, 0) is 31.7 Å². The fourth-order valence-corrected chi connectivity index (χ4v) is 2.53. The van der Waals surface area contributed by atoms with E-state index in [1.807, 2.05) is 0 Å². The number of nitrogens with one attached hydrogen (secondary N) is 2. The zero-order chi connectivity index (χ0) is 18.6. The second kappa shape index (κ2) is 7.54. The van der Waals surface area contributed by atoms with Crippen molar-refractivity contribution in [3.8, 4) is 0 Å². The minimum absolute atomic E-state index is 0.164. The molecule has 0 bridgehead atoms. The molecular formula is C16H17F3N2O4. The van der Waals surface area contributed by atoms with Crippen molar-refractivity contribution in [2.75, 3.05) is 7.11 Å². The maximum atomic E-state index is 12.8. The molecule has 2 amide bonds. The van der Waals surface area contributed by atoms with Crippen LogP contribution in [0.4, 0.5) is 13.2 Å². The minimum Gasteiger partial charge on any atom is -0.467 e. The molecule has 0 aromatic heterocycles. The molecule has 2 atom stereocenters. The Morgan fingerprint density at radius 1 is 1.40 bits per heavy atom. The normalized spacial score (nSPS) is 18.4. The summed E-state index contributed by atoms with van der Waals surface area (Å²) in [5.41, 5.74) is -0.621. The first kappa shape index (κ1) is 18.8. The number of esters is 1. The molecule has 0 radical (unpaired) electrons. The first-order valence-electron chi connectivity index (χ1n) is 7.54. The van der Waals surface area contributed by atoms with Crippen LogP contribution in [0.15, 0.2) is 24.3 Å². The number of carbonyl (C=O) groups excluding carboxylic acids is 3. The average Bonchev–Trinajstić information content (AvgIpc) is 2.99. The van der Waals surface area contributed by atoms with E-state index in [-0.39, 0.29) is 24.3 Å². The Labute approximate surface area is 141 Å². The first-order valence-corrected chi connectivity index (χ1v) is 7.54. The molecule has 0 saturated carbocycles. The molecule has 6 nitrogen and oxygen atoms in total. The van der Waals surface area contributed by atoms with E-state index in [1.165, 1.54) is 12.1 Å². The highest BCUT2D eigenvalue weighted by atomic mass is 19.4. The summed E-state index contributed by atoms with van der Waals surface area (Å²) in [6.07, 6.45) is -4.17. The zero-order valence-corrected chi connectivity index (χ0v) is 13.4. The maximum absolute atomic E-state index is 12.8. The minimum atomic E-state index is -4.51. The second-order valence-electron chi connectivity index (χ2n) is 5.65. The lowest BCUT2D eigenvalue weighted by Gasteiger charge is -2.19. The van der Waals surface area contributed by atoms with E-state index < -0.39 is 35.7 Å². The van der Waals surface area contributed by atoms with Gasteiger partial charge in [0.2, 0.25) is 11.8 Å². The van der Waals surface area contributed by atoms with Crippen LogP contribution in [0.3, 0.4) is 0 Å². The van der Waals surface area contributed by atoms with E-state index in [4.69, 9.17) is 0 Å². The number of benzene rings is 1. The van der Waals surface area contributed by atoms with Crippen LogP contribution in [-0.4, -0.2) is 37.0 Å². The second-order valence-corrected chi connectivity index (χ2v) is 5.65. The topological polar surface area (TPSA) is 84.5 Å². The van der Waals surface area contributed by atoms with Crippen molar-refractivity contribution in [3.05, 3.63) is 35.4 Å². The predicted octanol–water partition coefficient (Wildman–Crippen LogP) is 1.18. The summed E-state index contributed by atoms with van der Waals surface area (Å²) in [4.78, 5) is 35.2. The van der Waals surface area contributed by atoms with Gasteiger partial charge in [0.15, 0.2) is 0 Å². The Kier molecular flexibility index (Phi) is 5.66. The molecular weight excluding hydrogens is 341 g/mol. The van der Waals surface area contributed by atoms with Crippen LogP contribution in [0.2, 0.25) is 0 Å². The number of alkyl halides is 3. The largest absolute Gasteiger partial charge is 0.467 e. The van der Waals surface area contributed by atoms with E-state index in [1.54, 1.807) is 0 Å². The number of hydrogen-bond acceptors (Lipinski definition) is 4. The highest BCUT2D eigenvalue weighted by Gasteiger charge is 2.32. The Bertz CT molecular complexity index is 676. The van der Waals surface area contributed by atoms with Crippen molar-refractivity contribution < 1.29 is 32.3 Å². The van der Waals surface area contributed by atoms with Crippen molar-refractivity contribution in [3.63, 3.8) is 0 Å². The van der Waals surface area contributed by atoms with Crippen LogP contribution in [0.5, 0.6) is 0 Å².